The zero-order chi connectivity index (χ0) is 20.1. The first-order valence-corrected chi connectivity index (χ1v) is 9.97. The molecule has 0 aliphatic rings. The van der Waals surface area contributed by atoms with Crippen LogP contribution >= 0.6 is 23.8 Å². The molecule has 7 heteroatoms. The fourth-order valence-corrected chi connectivity index (χ4v) is 3.57. The van der Waals surface area contributed by atoms with Crippen LogP contribution in [0.25, 0.3) is 11.4 Å². The molecule has 0 saturated carbocycles. The monoisotopic (exact) mass is 414 g/mol. The average molecular weight is 415 g/mol. The lowest BCUT2D eigenvalue weighted by molar-refractivity contribution is -0.121. The van der Waals surface area contributed by atoms with Crippen molar-refractivity contribution in [3.8, 4) is 11.4 Å². The Kier molecular flexibility index (Phi) is 6.65. The summed E-state index contributed by atoms with van der Waals surface area (Å²) >= 11 is 11.5. The van der Waals surface area contributed by atoms with Gasteiger partial charge in [0.25, 0.3) is 0 Å². The number of nitrogens with zero attached hydrogens (tertiary/aromatic N) is 2. The third-order valence-electron chi connectivity index (χ3n) is 4.49. The number of nitrogens with one attached hydrogen (secondary N) is 2. The Morgan fingerprint density at radius 1 is 1.29 bits per heavy atom. The minimum atomic E-state index is -0.0298. The van der Waals surface area contributed by atoms with Crippen molar-refractivity contribution in [3.05, 3.63) is 69.5 Å². The van der Waals surface area contributed by atoms with E-state index in [0.717, 1.165) is 27.5 Å². The van der Waals surface area contributed by atoms with Gasteiger partial charge in [0, 0.05) is 29.6 Å². The van der Waals surface area contributed by atoms with Crippen LogP contribution in [-0.2, 0) is 17.8 Å². The molecule has 2 aromatic carbocycles. The lowest BCUT2D eigenvalue weighted by Crippen LogP contribution is -2.34. The lowest BCUT2D eigenvalue weighted by atomic mass is 10.1. The molecule has 1 heterocycles. The first-order chi connectivity index (χ1) is 13.4. The van der Waals surface area contributed by atoms with Crippen LogP contribution in [0.1, 0.15) is 24.5 Å². The predicted molar refractivity (Wildman–Crippen MR) is 115 cm³/mol. The molecule has 28 heavy (non-hydrogen) atoms. The topological polar surface area (TPSA) is 62.7 Å². The number of hydrogen-bond acceptors (Lipinski definition) is 3. The molecule has 0 saturated heterocycles. The van der Waals surface area contributed by atoms with Gasteiger partial charge in [-0.2, -0.15) is 5.10 Å². The molecule has 0 fully saturated rings. The Morgan fingerprint density at radius 3 is 2.82 bits per heavy atom. The zero-order valence-corrected chi connectivity index (χ0v) is 17.5. The van der Waals surface area contributed by atoms with Crippen LogP contribution in [-0.4, -0.2) is 26.7 Å². The van der Waals surface area contributed by atoms with Gasteiger partial charge in [0.2, 0.25) is 5.91 Å². The fourth-order valence-electron chi connectivity index (χ4n) is 3.13. The van der Waals surface area contributed by atoms with Gasteiger partial charge in [0.1, 0.15) is 0 Å². The number of halogens is 1. The normalized spacial score (nSPS) is 12.0. The van der Waals surface area contributed by atoms with Crippen LogP contribution < -0.4 is 5.32 Å². The molecule has 1 atom stereocenters. The number of aryl methyl sites for hydroxylation is 1. The fraction of sp³-hybridized carbons (Fsp3) is 0.286. The minimum Gasteiger partial charge on any atom is -0.353 e. The molecule has 0 aliphatic heterocycles. The summed E-state index contributed by atoms with van der Waals surface area (Å²) in [6.45, 7) is 4.47. The summed E-state index contributed by atoms with van der Waals surface area (Å²) < 4.78 is 2.37. The Bertz CT molecular complexity index is 1030. The van der Waals surface area contributed by atoms with E-state index in [0.29, 0.717) is 24.2 Å². The first-order valence-electron chi connectivity index (χ1n) is 9.19. The summed E-state index contributed by atoms with van der Waals surface area (Å²) in [5, 5.41) is 10.9. The van der Waals surface area contributed by atoms with Crippen molar-refractivity contribution in [1.29, 1.82) is 0 Å². The van der Waals surface area contributed by atoms with Gasteiger partial charge in [-0.15, -0.1) is 0 Å². The number of aromatic amines is 1. The van der Waals surface area contributed by atoms with E-state index in [-0.39, 0.29) is 11.9 Å². The van der Waals surface area contributed by atoms with E-state index in [9.17, 15) is 4.79 Å². The summed E-state index contributed by atoms with van der Waals surface area (Å²) in [6, 6.07) is 15.7. The maximum Gasteiger partial charge on any atom is 0.222 e. The highest BCUT2D eigenvalue weighted by molar-refractivity contribution is 7.71. The molecule has 0 aliphatic carbocycles. The molecule has 0 radical (unpaired) electrons. The Hall–Kier alpha value is -2.44. The van der Waals surface area contributed by atoms with Crippen molar-refractivity contribution < 1.29 is 4.79 Å². The molecule has 3 rings (SSSR count). The summed E-state index contributed by atoms with van der Waals surface area (Å²) in [7, 11) is 0. The van der Waals surface area contributed by atoms with Crippen molar-refractivity contribution in [2.75, 3.05) is 0 Å². The molecule has 0 spiro atoms. The maximum atomic E-state index is 12.4. The SMILES string of the molecule is Cc1cccc(-c2n[nH]c(=S)n2CCC(=O)N[C@@H](C)Cc2ccccc2Cl)c1. The third kappa shape index (κ3) is 5.09. The van der Waals surface area contributed by atoms with Crippen LogP contribution in [0.15, 0.2) is 48.5 Å². The lowest BCUT2D eigenvalue weighted by Gasteiger charge is -2.15. The molecule has 2 N–H and O–H groups in total. The molecule has 5 nitrogen and oxygen atoms in total. The Balaban J connectivity index is 1.61. The second kappa shape index (κ2) is 9.17. The van der Waals surface area contributed by atoms with Gasteiger partial charge in [-0.05, 0) is 50.2 Å². The maximum absolute atomic E-state index is 12.4. The third-order valence-corrected chi connectivity index (χ3v) is 5.17. The molecule has 1 amide bonds. The van der Waals surface area contributed by atoms with Crippen molar-refractivity contribution in [3.63, 3.8) is 0 Å². The zero-order valence-electron chi connectivity index (χ0n) is 15.9. The van der Waals surface area contributed by atoms with E-state index >= 15 is 0 Å². The van der Waals surface area contributed by atoms with Crippen molar-refractivity contribution >= 4 is 29.7 Å². The smallest absolute Gasteiger partial charge is 0.222 e. The highest BCUT2D eigenvalue weighted by atomic mass is 35.5. The highest BCUT2D eigenvalue weighted by Crippen LogP contribution is 2.19. The van der Waals surface area contributed by atoms with Crippen LogP contribution in [0.5, 0.6) is 0 Å². The molecule has 0 unspecified atom stereocenters. The van der Waals surface area contributed by atoms with E-state index in [1.54, 1.807) is 0 Å². The minimum absolute atomic E-state index is 0.0130. The van der Waals surface area contributed by atoms with E-state index in [2.05, 4.69) is 15.5 Å². The molecule has 146 valence electrons. The van der Waals surface area contributed by atoms with Crippen molar-refractivity contribution in [2.45, 2.75) is 39.3 Å². The average Bonchev–Trinajstić information content (AvgIpc) is 3.02. The molecule has 3 aromatic rings. The van der Waals surface area contributed by atoms with Crippen LogP contribution in [0.4, 0.5) is 0 Å². The van der Waals surface area contributed by atoms with Crippen LogP contribution in [0.3, 0.4) is 0 Å². The number of carbonyl (C=O) groups is 1. The number of carbonyl (C=O) groups excluding carboxylic acids is 1. The van der Waals surface area contributed by atoms with E-state index in [4.69, 9.17) is 23.8 Å². The van der Waals surface area contributed by atoms with Gasteiger partial charge in [-0.3, -0.25) is 14.5 Å². The van der Waals surface area contributed by atoms with Gasteiger partial charge in [-0.25, -0.2) is 0 Å². The summed E-state index contributed by atoms with van der Waals surface area (Å²) in [4.78, 5) is 12.4. The van der Waals surface area contributed by atoms with Gasteiger partial charge < -0.3 is 5.32 Å². The van der Waals surface area contributed by atoms with E-state index in [1.807, 2.05) is 66.9 Å². The van der Waals surface area contributed by atoms with Gasteiger partial charge >= 0.3 is 0 Å². The second-order valence-corrected chi connectivity index (χ2v) is 7.68. The quantitative estimate of drug-likeness (QED) is 0.550. The molecular weight excluding hydrogens is 392 g/mol. The Morgan fingerprint density at radius 2 is 2.07 bits per heavy atom. The van der Waals surface area contributed by atoms with Crippen molar-refractivity contribution in [2.24, 2.45) is 0 Å². The largest absolute Gasteiger partial charge is 0.353 e. The number of hydrogen-bond donors (Lipinski definition) is 2. The van der Waals surface area contributed by atoms with Crippen molar-refractivity contribution in [1.82, 2.24) is 20.1 Å². The number of rotatable bonds is 7. The highest BCUT2D eigenvalue weighted by Gasteiger charge is 2.13. The number of amides is 1. The van der Waals surface area contributed by atoms with Crippen LogP contribution in [0.2, 0.25) is 5.02 Å². The van der Waals surface area contributed by atoms with Gasteiger partial charge in [0.15, 0.2) is 10.6 Å². The van der Waals surface area contributed by atoms with Crippen LogP contribution in [0, 0.1) is 11.7 Å². The molecule has 1 aromatic heterocycles. The first kappa shape index (κ1) is 20.3. The summed E-state index contributed by atoms with van der Waals surface area (Å²) in [5.41, 5.74) is 3.14. The predicted octanol–water partition coefficient (Wildman–Crippen LogP) is 4.71. The number of benzene rings is 2. The Labute approximate surface area is 174 Å². The summed E-state index contributed by atoms with van der Waals surface area (Å²) in [5.74, 6) is 0.712. The standard InChI is InChI=1S/C21H23ClN4OS/c1-14-6-5-8-17(12-14)20-24-25-21(28)26(20)11-10-19(27)23-15(2)13-16-7-3-4-9-18(16)22/h3-9,12,15H,10-11,13H2,1-2H3,(H,23,27)(H,25,28)/t15-/m0/s1. The van der Waals surface area contributed by atoms with E-state index < -0.39 is 0 Å². The van der Waals surface area contributed by atoms with E-state index in [1.165, 1.54) is 0 Å². The van der Waals surface area contributed by atoms with Gasteiger partial charge in [-0.1, -0.05) is 53.6 Å². The van der Waals surface area contributed by atoms with Gasteiger partial charge in [0.05, 0.1) is 0 Å². The summed E-state index contributed by atoms with van der Waals surface area (Å²) in [6.07, 6.45) is 1.00. The number of aromatic nitrogens is 3. The molecular formula is C21H23ClN4OS. The molecule has 0 bridgehead atoms. The second-order valence-electron chi connectivity index (χ2n) is 6.89. The number of H-pyrrole nitrogens is 1.